The number of hydrogen-bond acceptors (Lipinski definition) is 4. The van der Waals surface area contributed by atoms with E-state index in [1.54, 1.807) is 0 Å². The molecule has 2 aromatic carbocycles. The van der Waals surface area contributed by atoms with Gasteiger partial charge in [-0.15, -0.1) is 0 Å². The molecule has 1 aliphatic carbocycles. The van der Waals surface area contributed by atoms with Crippen molar-refractivity contribution in [2.75, 3.05) is 6.54 Å². The minimum atomic E-state index is -0.986. The van der Waals surface area contributed by atoms with Gasteiger partial charge in [0.1, 0.15) is 0 Å². The summed E-state index contributed by atoms with van der Waals surface area (Å²) < 4.78 is 0. The van der Waals surface area contributed by atoms with Gasteiger partial charge in [-0.25, -0.2) is 0 Å². The molecule has 0 saturated carbocycles. The Hall–Kier alpha value is -2.73. The van der Waals surface area contributed by atoms with Crippen LogP contribution < -0.4 is 5.32 Å². The van der Waals surface area contributed by atoms with Crippen LogP contribution in [0.1, 0.15) is 21.5 Å². The zero-order valence-electron chi connectivity index (χ0n) is 12.4. The molecule has 0 aliphatic heterocycles. The summed E-state index contributed by atoms with van der Waals surface area (Å²) >= 11 is 0. The number of benzene rings is 2. The lowest BCUT2D eigenvalue weighted by Crippen LogP contribution is -2.43. The van der Waals surface area contributed by atoms with E-state index >= 15 is 0 Å². The van der Waals surface area contributed by atoms with Gasteiger partial charge in [-0.2, -0.15) is 0 Å². The van der Waals surface area contributed by atoms with E-state index in [0.717, 1.165) is 11.1 Å². The molecule has 1 aliphatic rings. The van der Waals surface area contributed by atoms with E-state index in [9.17, 15) is 20.0 Å². The zero-order chi connectivity index (χ0) is 16.4. The lowest BCUT2D eigenvalue weighted by atomic mass is 10.0. The molecule has 3 rings (SSSR count). The predicted octanol–water partition coefficient (Wildman–Crippen LogP) is 1.85. The van der Waals surface area contributed by atoms with Gasteiger partial charge in [0.2, 0.25) is 0 Å². The van der Waals surface area contributed by atoms with Crippen molar-refractivity contribution in [1.82, 2.24) is 5.32 Å². The second-order valence-electron chi connectivity index (χ2n) is 5.83. The van der Waals surface area contributed by atoms with Crippen LogP contribution in [-0.4, -0.2) is 28.1 Å². The van der Waals surface area contributed by atoms with Crippen molar-refractivity contribution in [3.63, 3.8) is 0 Å². The third kappa shape index (κ3) is 3.22. The van der Waals surface area contributed by atoms with Crippen LogP contribution in [0.3, 0.4) is 0 Å². The summed E-state index contributed by atoms with van der Waals surface area (Å²) in [4.78, 5) is 22.2. The van der Waals surface area contributed by atoms with E-state index in [2.05, 4.69) is 5.32 Å². The second-order valence-corrected chi connectivity index (χ2v) is 5.83. The Morgan fingerprint density at radius 3 is 2.22 bits per heavy atom. The maximum Gasteiger partial charge on any atom is 0.269 e. The normalized spacial score (nSPS) is 15.0. The molecule has 118 valence electrons. The summed E-state index contributed by atoms with van der Waals surface area (Å²) in [6, 6.07) is 13.2. The highest BCUT2D eigenvalue weighted by Crippen LogP contribution is 2.29. The summed E-state index contributed by atoms with van der Waals surface area (Å²) in [6.45, 7) is 0.136. The summed E-state index contributed by atoms with van der Waals surface area (Å²) in [6.07, 6.45) is 1.01. The summed E-state index contributed by atoms with van der Waals surface area (Å²) in [7, 11) is 0. The molecule has 23 heavy (non-hydrogen) atoms. The molecular weight excluding hydrogens is 296 g/mol. The molecule has 0 atom stereocenters. The lowest BCUT2D eigenvalue weighted by molar-refractivity contribution is -0.384. The van der Waals surface area contributed by atoms with Gasteiger partial charge in [0.05, 0.1) is 10.5 Å². The molecule has 2 N–H and O–H groups in total. The van der Waals surface area contributed by atoms with Crippen molar-refractivity contribution in [3.8, 4) is 0 Å². The Labute approximate surface area is 132 Å². The standard InChI is InChI=1S/C17H16N2O4/c20-16(12-5-7-15(8-6-12)19(22)23)18-11-17(21)9-13-3-1-2-4-14(13)10-17/h1-8,21H,9-11H2,(H,18,20). The number of amides is 1. The van der Waals surface area contributed by atoms with Gasteiger partial charge in [-0.05, 0) is 23.3 Å². The van der Waals surface area contributed by atoms with Crippen molar-refractivity contribution >= 4 is 11.6 Å². The van der Waals surface area contributed by atoms with Gasteiger partial charge < -0.3 is 10.4 Å². The number of nitrogens with one attached hydrogen (secondary N) is 1. The van der Waals surface area contributed by atoms with Crippen LogP contribution in [0, 0.1) is 10.1 Å². The molecule has 0 aromatic heterocycles. The van der Waals surface area contributed by atoms with E-state index in [1.165, 1.54) is 24.3 Å². The van der Waals surface area contributed by atoms with Crippen molar-refractivity contribution in [2.24, 2.45) is 0 Å². The molecule has 0 saturated heterocycles. The summed E-state index contributed by atoms with van der Waals surface area (Å²) in [5.74, 6) is -0.357. The van der Waals surface area contributed by atoms with Crippen LogP contribution in [0.5, 0.6) is 0 Å². The number of nitrogens with zero attached hydrogens (tertiary/aromatic N) is 1. The average molecular weight is 312 g/mol. The number of carbonyl (C=O) groups is 1. The number of nitro groups is 1. The largest absolute Gasteiger partial charge is 0.387 e. The molecule has 0 unspecified atom stereocenters. The highest BCUT2D eigenvalue weighted by Gasteiger charge is 2.35. The minimum Gasteiger partial charge on any atom is -0.387 e. The molecule has 0 spiro atoms. The SMILES string of the molecule is O=C(NCC1(O)Cc2ccccc2C1)c1ccc([N+](=O)[O-])cc1. The molecular formula is C17H16N2O4. The molecule has 0 bridgehead atoms. The first-order valence-corrected chi connectivity index (χ1v) is 7.29. The number of fused-ring (bicyclic) bond motifs is 1. The van der Waals surface area contributed by atoms with Crippen LogP contribution in [0.2, 0.25) is 0 Å². The van der Waals surface area contributed by atoms with E-state index in [1.807, 2.05) is 24.3 Å². The Morgan fingerprint density at radius 2 is 1.70 bits per heavy atom. The Kier molecular flexibility index (Phi) is 3.83. The average Bonchev–Trinajstić information content (AvgIpc) is 2.89. The van der Waals surface area contributed by atoms with Crippen LogP contribution in [0.15, 0.2) is 48.5 Å². The van der Waals surface area contributed by atoms with Crippen LogP contribution in [0.4, 0.5) is 5.69 Å². The summed E-state index contributed by atoms with van der Waals surface area (Å²) in [5.41, 5.74) is 1.47. The van der Waals surface area contributed by atoms with Crippen molar-refractivity contribution in [3.05, 3.63) is 75.3 Å². The topological polar surface area (TPSA) is 92.5 Å². The molecule has 0 radical (unpaired) electrons. The quantitative estimate of drug-likeness (QED) is 0.665. The number of carbonyl (C=O) groups excluding carboxylic acids is 1. The van der Waals surface area contributed by atoms with E-state index in [0.29, 0.717) is 18.4 Å². The molecule has 6 nitrogen and oxygen atoms in total. The maximum atomic E-state index is 12.1. The highest BCUT2D eigenvalue weighted by atomic mass is 16.6. The van der Waals surface area contributed by atoms with Gasteiger partial charge in [0.25, 0.3) is 11.6 Å². The fraction of sp³-hybridized carbons (Fsp3) is 0.235. The number of rotatable bonds is 4. The molecule has 2 aromatic rings. The third-order valence-corrected chi connectivity index (χ3v) is 4.08. The number of nitro benzene ring substituents is 1. The van der Waals surface area contributed by atoms with Crippen molar-refractivity contribution < 1.29 is 14.8 Å². The van der Waals surface area contributed by atoms with Gasteiger partial charge in [-0.3, -0.25) is 14.9 Å². The van der Waals surface area contributed by atoms with Crippen LogP contribution in [-0.2, 0) is 12.8 Å². The first-order valence-electron chi connectivity index (χ1n) is 7.29. The summed E-state index contributed by atoms with van der Waals surface area (Å²) in [5, 5.41) is 23.9. The first kappa shape index (κ1) is 15.2. The van der Waals surface area contributed by atoms with E-state index in [-0.39, 0.29) is 18.1 Å². The van der Waals surface area contributed by atoms with Gasteiger partial charge in [0.15, 0.2) is 0 Å². The first-order chi connectivity index (χ1) is 11.0. The molecule has 1 amide bonds. The van der Waals surface area contributed by atoms with Crippen molar-refractivity contribution in [1.29, 1.82) is 0 Å². The lowest BCUT2D eigenvalue weighted by Gasteiger charge is -2.22. The minimum absolute atomic E-state index is 0.0635. The van der Waals surface area contributed by atoms with Crippen LogP contribution >= 0.6 is 0 Å². The van der Waals surface area contributed by atoms with Gasteiger partial charge in [0, 0.05) is 37.1 Å². The smallest absolute Gasteiger partial charge is 0.269 e. The highest BCUT2D eigenvalue weighted by molar-refractivity contribution is 5.94. The van der Waals surface area contributed by atoms with E-state index < -0.39 is 10.5 Å². The molecule has 6 heteroatoms. The fourth-order valence-corrected chi connectivity index (χ4v) is 2.88. The Balaban J connectivity index is 1.62. The Bertz CT molecular complexity index is 730. The van der Waals surface area contributed by atoms with Gasteiger partial charge in [-0.1, -0.05) is 24.3 Å². The number of non-ortho nitro benzene ring substituents is 1. The molecule has 0 fully saturated rings. The monoisotopic (exact) mass is 312 g/mol. The zero-order valence-corrected chi connectivity index (χ0v) is 12.4. The maximum absolute atomic E-state index is 12.1. The second kappa shape index (κ2) is 5.81. The Morgan fingerprint density at radius 1 is 1.13 bits per heavy atom. The number of hydrogen-bond donors (Lipinski definition) is 2. The number of aliphatic hydroxyl groups is 1. The fourth-order valence-electron chi connectivity index (χ4n) is 2.88. The van der Waals surface area contributed by atoms with Crippen LogP contribution in [0.25, 0.3) is 0 Å². The van der Waals surface area contributed by atoms with Gasteiger partial charge >= 0.3 is 0 Å². The third-order valence-electron chi connectivity index (χ3n) is 4.08. The van der Waals surface area contributed by atoms with Crippen molar-refractivity contribution in [2.45, 2.75) is 18.4 Å². The van der Waals surface area contributed by atoms with E-state index in [4.69, 9.17) is 0 Å². The predicted molar refractivity (Wildman–Crippen MR) is 84.2 cm³/mol. The molecule has 0 heterocycles.